The number of hydrogen-bond donors (Lipinski definition) is 1. The van der Waals surface area contributed by atoms with E-state index in [4.69, 9.17) is 4.42 Å². The maximum atomic E-state index is 12.5. The minimum atomic E-state index is -0.851. The maximum absolute atomic E-state index is 12.5. The highest BCUT2D eigenvalue weighted by atomic mass is 16.4. The normalized spacial score (nSPS) is 20.2. The zero-order chi connectivity index (χ0) is 18.0. The van der Waals surface area contributed by atoms with Gasteiger partial charge in [0.05, 0.1) is 6.42 Å². The fourth-order valence-electron chi connectivity index (χ4n) is 3.09. The minimum absolute atomic E-state index is 0.00918. The van der Waals surface area contributed by atoms with Crippen LogP contribution in [0.15, 0.2) is 28.7 Å². The lowest BCUT2D eigenvalue weighted by Crippen LogP contribution is -2.43. The van der Waals surface area contributed by atoms with Crippen LogP contribution in [-0.4, -0.2) is 32.6 Å². The lowest BCUT2D eigenvalue weighted by Gasteiger charge is -2.20. The van der Waals surface area contributed by atoms with Crippen LogP contribution in [0.5, 0.6) is 0 Å². The van der Waals surface area contributed by atoms with Gasteiger partial charge in [-0.3, -0.25) is 9.69 Å². The summed E-state index contributed by atoms with van der Waals surface area (Å²) in [5.74, 6) is 0.471. The molecule has 2 heterocycles. The Labute approximate surface area is 146 Å². The first-order valence-electron chi connectivity index (χ1n) is 8.43. The molecule has 0 unspecified atom stereocenters. The summed E-state index contributed by atoms with van der Waals surface area (Å²) in [5, 5.41) is 10.8. The molecule has 132 valence electrons. The topological polar surface area (TPSA) is 88.3 Å². The third-order valence-corrected chi connectivity index (χ3v) is 4.50. The van der Waals surface area contributed by atoms with E-state index in [1.165, 1.54) is 0 Å². The first-order valence-corrected chi connectivity index (χ1v) is 8.43. The predicted molar refractivity (Wildman–Crippen MR) is 90.7 cm³/mol. The van der Waals surface area contributed by atoms with Crippen molar-refractivity contribution in [3.05, 3.63) is 47.2 Å². The van der Waals surface area contributed by atoms with Crippen molar-refractivity contribution < 1.29 is 14.0 Å². The molecule has 1 aromatic heterocycles. The Hall–Kier alpha value is -2.70. The number of hydrogen-bond acceptors (Lipinski definition) is 5. The Balaban J connectivity index is 1.70. The van der Waals surface area contributed by atoms with Crippen LogP contribution in [0.1, 0.15) is 49.6 Å². The first kappa shape index (κ1) is 17.1. The molecule has 1 aromatic carbocycles. The predicted octanol–water partition coefficient (Wildman–Crippen LogP) is 2.58. The largest absolute Gasteiger partial charge is 0.423 e. The molecule has 3 amide bonds. The minimum Gasteiger partial charge on any atom is -0.423 e. The van der Waals surface area contributed by atoms with Crippen molar-refractivity contribution in [2.24, 2.45) is 0 Å². The number of benzene rings is 1. The van der Waals surface area contributed by atoms with Gasteiger partial charge in [0.2, 0.25) is 11.8 Å². The smallest absolute Gasteiger partial charge is 0.325 e. The van der Waals surface area contributed by atoms with Gasteiger partial charge in [0.25, 0.3) is 5.91 Å². The molecule has 1 aliphatic rings. The van der Waals surface area contributed by atoms with Crippen LogP contribution in [0, 0.1) is 6.92 Å². The number of aryl methyl sites for hydroxylation is 1. The number of urea groups is 1. The van der Waals surface area contributed by atoms with Crippen molar-refractivity contribution in [1.29, 1.82) is 0 Å². The fourth-order valence-corrected chi connectivity index (χ4v) is 3.09. The lowest BCUT2D eigenvalue weighted by atomic mass is 9.96. The summed E-state index contributed by atoms with van der Waals surface area (Å²) in [6.45, 7) is 5.73. The number of amides is 3. The van der Waals surface area contributed by atoms with Crippen molar-refractivity contribution in [1.82, 2.24) is 20.4 Å². The van der Waals surface area contributed by atoms with Crippen LogP contribution in [0.4, 0.5) is 4.79 Å². The van der Waals surface area contributed by atoms with Crippen LogP contribution >= 0.6 is 0 Å². The number of nitrogens with one attached hydrogen (secondary N) is 1. The number of imide groups is 1. The highest BCUT2D eigenvalue weighted by Crippen LogP contribution is 2.24. The van der Waals surface area contributed by atoms with Crippen molar-refractivity contribution in [2.45, 2.75) is 52.1 Å². The summed E-state index contributed by atoms with van der Waals surface area (Å²) in [5.41, 5.74) is 1.39. The molecule has 3 rings (SSSR count). The van der Waals surface area contributed by atoms with E-state index >= 15 is 0 Å². The first-order chi connectivity index (χ1) is 11.9. The average molecular weight is 342 g/mol. The van der Waals surface area contributed by atoms with Gasteiger partial charge in [0.1, 0.15) is 12.1 Å². The van der Waals surface area contributed by atoms with Crippen molar-refractivity contribution in [3.8, 4) is 0 Å². The van der Waals surface area contributed by atoms with E-state index < -0.39 is 11.6 Å². The average Bonchev–Trinajstić information content (AvgIpc) is 3.08. The summed E-state index contributed by atoms with van der Waals surface area (Å²) in [7, 11) is 0. The van der Waals surface area contributed by atoms with Gasteiger partial charge in [-0.15, -0.1) is 10.2 Å². The van der Waals surface area contributed by atoms with Gasteiger partial charge in [-0.2, -0.15) is 0 Å². The molecule has 2 aromatic rings. The highest BCUT2D eigenvalue weighted by molar-refractivity contribution is 6.06. The Bertz CT molecular complexity index is 801. The standard InChI is InChI=1S/C18H22N4O3/c1-4-9-18(3)16(23)22(17(24)19-18)11-15-21-20-14(25-15)10-13-8-6-5-7-12(13)2/h5-8H,4,9-11H2,1-3H3,(H,19,24)/t18-/m1/s1. The van der Waals surface area contributed by atoms with Gasteiger partial charge >= 0.3 is 6.03 Å². The molecule has 1 N–H and O–H groups in total. The van der Waals surface area contributed by atoms with Gasteiger partial charge in [0.15, 0.2) is 0 Å². The number of nitrogens with zero attached hydrogens (tertiary/aromatic N) is 3. The van der Waals surface area contributed by atoms with Crippen LogP contribution in [0.25, 0.3) is 0 Å². The van der Waals surface area contributed by atoms with Gasteiger partial charge in [-0.25, -0.2) is 4.79 Å². The zero-order valence-electron chi connectivity index (χ0n) is 14.7. The van der Waals surface area contributed by atoms with Gasteiger partial charge < -0.3 is 9.73 Å². The van der Waals surface area contributed by atoms with Crippen LogP contribution in [0.3, 0.4) is 0 Å². The molecule has 1 aliphatic heterocycles. The highest BCUT2D eigenvalue weighted by Gasteiger charge is 2.47. The van der Waals surface area contributed by atoms with Crippen molar-refractivity contribution in [2.75, 3.05) is 0 Å². The molecule has 1 fully saturated rings. The van der Waals surface area contributed by atoms with Crippen LogP contribution in [0.2, 0.25) is 0 Å². The number of carbonyl (C=O) groups is 2. The van der Waals surface area contributed by atoms with E-state index in [-0.39, 0.29) is 18.3 Å². The summed E-state index contributed by atoms with van der Waals surface area (Å²) < 4.78 is 5.63. The monoisotopic (exact) mass is 342 g/mol. The Morgan fingerprint density at radius 1 is 1.20 bits per heavy atom. The summed E-state index contributed by atoms with van der Waals surface area (Å²) >= 11 is 0. The van der Waals surface area contributed by atoms with E-state index in [1.807, 2.05) is 38.1 Å². The zero-order valence-corrected chi connectivity index (χ0v) is 14.7. The number of aromatic nitrogens is 2. The maximum Gasteiger partial charge on any atom is 0.325 e. The van der Waals surface area contributed by atoms with Crippen LogP contribution in [-0.2, 0) is 17.8 Å². The number of carbonyl (C=O) groups excluding carboxylic acids is 2. The molecule has 0 spiro atoms. The molecule has 1 saturated heterocycles. The SMILES string of the molecule is CCC[C@@]1(C)NC(=O)N(Cc2nnc(Cc3ccccc3C)o2)C1=O. The molecule has 0 aliphatic carbocycles. The quantitative estimate of drug-likeness (QED) is 0.815. The van der Waals surface area contributed by atoms with Gasteiger partial charge in [-0.05, 0) is 31.4 Å². The molecular formula is C18H22N4O3. The molecule has 0 bridgehead atoms. The summed E-state index contributed by atoms with van der Waals surface area (Å²) in [6.07, 6.45) is 1.92. The molecule has 25 heavy (non-hydrogen) atoms. The van der Waals surface area contributed by atoms with E-state index in [9.17, 15) is 9.59 Å². The number of rotatable bonds is 6. The van der Waals surface area contributed by atoms with Gasteiger partial charge in [-0.1, -0.05) is 37.6 Å². The summed E-state index contributed by atoms with van der Waals surface area (Å²) in [6, 6.07) is 7.55. The Morgan fingerprint density at radius 3 is 2.64 bits per heavy atom. The Morgan fingerprint density at radius 2 is 1.92 bits per heavy atom. The van der Waals surface area contributed by atoms with E-state index in [2.05, 4.69) is 15.5 Å². The van der Waals surface area contributed by atoms with Crippen LogP contribution < -0.4 is 5.32 Å². The van der Waals surface area contributed by atoms with E-state index in [0.29, 0.717) is 18.7 Å². The second kappa shape index (κ2) is 6.66. The van der Waals surface area contributed by atoms with E-state index in [0.717, 1.165) is 22.4 Å². The lowest BCUT2D eigenvalue weighted by molar-refractivity contribution is -0.131. The molecule has 0 saturated carbocycles. The molecule has 1 atom stereocenters. The third kappa shape index (κ3) is 3.40. The fraction of sp³-hybridized carbons (Fsp3) is 0.444. The second-order valence-electron chi connectivity index (χ2n) is 6.60. The van der Waals surface area contributed by atoms with Crippen molar-refractivity contribution >= 4 is 11.9 Å². The van der Waals surface area contributed by atoms with Gasteiger partial charge in [0, 0.05) is 0 Å². The Kier molecular flexibility index (Phi) is 4.57. The van der Waals surface area contributed by atoms with Crippen molar-refractivity contribution in [3.63, 3.8) is 0 Å². The molecular weight excluding hydrogens is 320 g/mol. The molecule has 7 nitrogen and oxygen atoms in total. The molecule has 7 heteroatoms. The summed E-state index contributed by atoms with van der Waals surface area (Å²) in [4.78, 5) is 25.8. The van der Waals surface area contributed by atoms with E-state index in [1.54, 1.807) is 6.92 Å². The molecule has 0 radical (unpaired) electrons. The third-order valence-electron chi connectivity index (χ3n) is 4.50. The second-order valence-corrected chi connectivity index (χ2v) is 6.60.